The SMILES string of the molecule is [CH]1N=NNS1. The largest absolute Gasteiger partial charge is 0.231 e. The van der Waals surface area contributed by atoms with Crippen LogP contribution in [0.4, 0.5) is 0 Å². The van der Waals surface area contributed by atoms with Crippen molar-refractivity contribution in [1.29, 1.82) is 0 Å². The number of hydrogen-bond acceptors (Lipinski definition) is 4. The molecule has 1 radical (unpaired) electrons. The Morgan fingerprint density at radius 1 is 1.80 bits per heavy atom. The maximum Gasteiger partial charge on any atom is 0.174 e. The fourth-order valence-corrected chi connectivity index (χ4v) is 0.354. The molecule has 0 saturated heterocycles. The lowest BCUT2D eigenvalue weighted by Gasteiger charge is -1.70. The van der Waals surface area contributed by atoms with Gasteiger partial charge in [-0.25, -0.2) is 4.83 Å². The zero-order valence-electron chi connectivity index (χ0n) is 2.38. The highest BCUT2D eigenvalue weighted by molar-refractivity contribution is 7.99. The molecule has 5 heavy (non-hydrogen) atoms. The maximum absolute atomic E-state index is 3.44. The first-order chi connectivity index (χ1) is 2.50. The van der Waals surface area contributed by atoms with Crippen molar-refractivity contribution >= 4 is 11.9 Å². The summed E-state index contributed by atoms with van der Waals surface area (Å²) in [6.45, 7) is 0. The minimum atomic E-state index is 1.37. The van der Waals surface area contributed by atoms with E-state index in [0.717, 1.165) is 0 Å². The smallest absolute Gasteiger partial charge is 0.174 e. The molecule has 0 aliphatic carbocycles. The first kappa shape index (κ1) is 2.96. The zero-order chi connectivity index (χ0) is 3.54. The van der Waals surface area contributed by atoms with E-state index >= 15 is 0 Å². The molecule has 0 fully saturated rings. The zero-order valence-corrected chi connectivity index (χ0v) is 3.20. The second-order valence-corrected chi connectivity index (χ2v) is 1.16. The van der Waals surface area contributed by atoms with Gasteiger partial charge in [0.1, 0.15) is 0 Å². The molecular formula is CH2N3S. The summed E-state index contributed by atoms with van der Waals surface area (Å²) in [5, 5.41) is 6.80. The van der Waals surface area contributed by atoms with Gasteiger partial charge in [0.2, 0.25) is 0 Å². The Labute approximate surface area is 34.0 Å². The van der Waals surface area contributed by atoms with Crippen LogP contribution in [0.25, 0.3) is 0 Å². The third-order valence-corrected chi connectivity index (χ3v) is 0.638. The third-order valence-electron chi connectivity index (χ3n) is 0.251. The van der Waals surface area contributed by atoms with Crippen molar-refractivity contribution in [2.75, 3.05) is 0 Å². The molecule has 4 heteroatoms. The van der Waals surface area contributed by atoms with E-state index in [-0.39, 0.29) is 0 Å². The Kier molecular flexibility index (Phi) is 0.744. The van der Waals surface area contributed by atoms with Gasteiger partial charge in [-0.15, -0.1) is 0 Å². The minimum absolute atomic E-state index is 1.37. The minimum Gasteiger partial charge on any atom is -0.231 e. The second kappa shape index (κ2) is 1.26. The molecule has 1 rings (SSSR count). The quantitative estimate of drug-likeness (QED) is 0.443. The van der Waals surface area contributed by atoms with Crippen LogP contribution < -0.4 is 4.83 Å². The van der Waals surface area contributed by atoms with E-state index in [9.17, 15) is 0 Å². The lowest BCUT2D eigenvalue weighted by molar-refractivity contribution is 1.01. The van der Waals surface area contributed by atoms with Crippen molar-refractivity contribution < 1.29 is 0 Å². The van der Waals surface area contributed by atoms with Crippen molar-refractivity contribution in [1.82, 2.24) is 4.83 Å². The van der Waals surface area contributed by atoms with E-state index < -0.39 is 0 Å². The van der Waals surface area contributed by atoms with Crippen LogP contribution in [-0.4, -0.2) is 0 Å². The molecule has 1 aliphatic rings. The number of nitrogens with one attached hydrogen (secondary N) is 1. The first-order valence-corrected chi connectivity index (χ1v) is 2.00. The van der Waals surface area contributed by atoms with Gasteiger partial charge < -0.3 is 0 Å². The fraction of sp³-hybridized carbons (Fsp3) is 0. The van der Waals surface area contributed by atoms with Crippen molar-refractivity contribution in [2.24, 2.45) is 10.3 Å². The van der Waals surface area contributed by atoms with E-state index in [1.54, 1.807) is 5.88 Å². The monoisotopic (exact) mass is 88.0 g/mol. The fourth-order valence-electron chi connectivity index (χ4n) is 0.118. The Hall–Kier alpha value is -0.250. The average Bonchev–Trinajstić information content (AvgIpc) is 1.76. The summed E-state index contributed by atoms with van der Waals surface area (Å²) in [5.41, 5.74) is 0. The Morgan fingerprint density at radius 2 is 2.80 bits per heavy atom. The molecule has 0 aromatic heterocycles. The predicted octanol–water partition coefficient (Wildman–Crippen LogP) is 0.724. The molecule has 0 amide bonds. The third kappa shape index (κ3) is 0.509. The highest BCUT2D eigenvalue weighted by atomic mass is 32.2. The van der Waals surface area contributed by atoms with Gasteiger partial charge in [-0.1, -0.05) is 5.22 Å². The van der Waals surface area contributed by atoms with Gasteiger partial charge in [0, 0.05) is 11.9 Å². The normalized spacial score (nSPS) is 19.2. The van der Waals surface area contributed by atoms with E-state index in [4.69, 9.17) is 0 Å². The molecule has 0 spiro atoms. The van der Waals surface area contributed by atoms with Gasteiger partial charge in [0.05, 0.1) is 0 Å². The van der Waals surface area contributed by atoms with E-state index in [1.165, 1.54) is 11.9 Å². The molecule has 1 N–H and O–H groups in total. The summed E-state index contributed by atoms with van der Waals surface area (Å²) < 4.78 is 0. The Bertz CT molecular complexity index is 44.9. The molecule has 3 nitrogen and oxygen atoms in total. The molecular weight excluding hydrogens is 86.1 g/mol. The van der Waals surface area contributed by atoms with Gasteiger partial charge in [0.15, 0.2) is 5.88 Å². The summed E-state index contributed by atoms with van der Waals surface area (Å²) in [6.07, 6.45) is 0. The molecule has 0 unspecified atom stereocenters. The van der Waals surface area contributed by atoms with Crippen LogP contribution in [0.2, 0.25) is 0 Å². The van der Waals surface area contributed by atoms with E-state index in [1.807, 2.05) is 0 Å². The predicted molar refractivity (Wildman–Crippen MR) is 19.9 cm³/mol. The molecule has 1 heterocycles. The Morgan fingerprint density at radius 3 is 3.00 bits per heavy atom. The topological polar surface area (TPSA) is 36.8 Å². The van der Waals surface area contributed by atoms with Crippen LogP contribution in [0.3, 0.4) is 0 Å². The lowest BCUT2D eigenvalue weighted by atomic mass is 11.5. The summed E-state index contributed by atoms with van der Waals surface area (Å²) in [5.74, 6) is 1.62. The summed E-state index contributed by atoms with van der Waals surface area (Å²) in [6, 6.07) is 0. The molecule has 1 aliphatic heterocycles. The van der Waals surface area contributed by atoms with Gasteiger partial charge >= 0.3 is 0 Å². The van der Waals surface area contributed by atoms with Crippen molar-refractivity contribution in [2.45, 2.75) is 0 Å². The summed E-state index contributed by atoms with van der Waals surface area (Å²) in [4.78, 5) is 2.54. The van der Waals surface area contributed by atoms with Crippen molar-refractivity contribution in [3.05, 3.63) is 5.88 Å². The average molecular weight is 88.1 g/mol. The molecule has 0 atom stereocenters. The van der Waals surface area contributed by atoms with E-state index in [2.05, 4.69) is 15.2 Å². The van der Waals surface area contributed by atoms with Crippen molar-refractivity contribution in [3.8, 4) is 0 Å². The molecule has 27 valence electrons. The summed E-state index contributed by atoms with van der Waals surface area (Å²) >= 11 is 1.37. The lowest BCUT2D eigenvalue weighted by Crippen LogP contribution is -1.76. The van der Waals surface area contributed by atoms with Crippen LogP contribution in [0, 0.1) is 5.88 Å². The maximum atomic E-state index is 3.44. The highest BCUT2D eigenvalue weighted by Crippen LogP contribution is 2.05. The van der Waals surface area contributed by atoms with Gasteiger partial charge in [-0.3, -0.25) is 0 Å². The number of hydrogen-bond donors (Lipinski definition) is 1. The van der Waals surface area contributed by atoms with Gasteiger partial charge in [-0.05, 0) is 0 Å². The molecule has 0 bridgehead atoms. The van der Waals surface area contributed by atoms with Crippen molar-refractivity contribution in [3.63, 3.8) is 0 Å². The van der Waals surface area contributed by atoms with E-state index in [0.29, 0.717) is 0 Å². The first-order valence-electron chi connectivity index (χ1n) is 1.12. The van der Waals surface area contributed by atoms with Crippen LogP contribution in [0.15, 0.2) is 10.3 Å². The van der Waals surface area contributed by atoms with Crippen LogP contribution in [0.5, 0.6) is 0 Å². The number of rotatable bonds is 0. The molecule has 0 saturated carbocycles. The summed E-state index contributed by atoms with van der Waals surface area (Å²) in [7, 11) is 0. The highest BCUT2D eigenvalue weighted by Gasteiger charge is 1.86. The Balaban J connectivity index is 2.32. The van der Waals surface area contributed by atoms with Gasteiger partial charge in [-0.2, -0.15) is 5.11 Å². The molecule has 0 aromatic carbocycles. The number of nitrogens with zero attached hydrogens (tertiary/aromatic N) is 2. The van der Waals surface area contributed by atoms with Crippen LogP contribution in [0.1, 0.15) is 0 Å². The standard InChI is InChI=1S/CH2N3S/c1-2-3-4-5-1/h1H,(H,2,4). The van der Waals surface area contributed by atoms with Crippen LogP contribution in [-0.2, 0) is 0 Å². The molecule has 0 aromatic rings. The van der Waals surface area contributed by atoms with Crippen LogP contribution >= 0.6 is 11.9 Å². The second-order valence-electron chi connectivity index (χ2n) is 0.530. The van der Waals surface area contributed by atoms with Gasteiger partial charge in [0.25, 0.3) is 0 Å².